The molecule has 3 rings (SSSR count). The first-order valence-electron chi connectivity index (χ1n) is 7.87. The van der Waals surface area contributed by atoms with Crippen molar-refractivity contribution in [2.45, 2.75) is 12.6 Å². The molecule has 1 fully saturated rings. The van der Waals surface area contributed by atoms with Crippen LogP contribution in [0.1, 0.15) is 5.56 Å². The van der Waals surface area contributed by atoms with Crippen LogP contribution in [0.5, 0.6) is 0 Å². The van der Waals surface area contributed by atoms with Crippen LogP contribution in [0, 0.1) is 0 Å². The summed E-state index contributed by atoms with van der Waals surface area (Å²) in [4.78, 5) is 14.1. The number of ether oxygens (including phenoxy) is 2. The number of hydrogen-bond acceptors (Lipinski definition) is 3. The topological polar surface area (TPSA) is 50.8 Å². The second-order valence-corrected chi connectivity index (χ2v) is 5.73. The van der Waals surface area contributed by atoms with Gasteiger partial charge >= 0.3 is 6.03 Å². The maximum Gasteiger partial charge on any atom is 0.317 e. The Balaban J connectivity index is 1.57. The summed E-state index contributed by atoms with van der Waals surface area (Å²) in [5.74, 6) is 0. The first kappa shape index (κ1) is 15.8. The van der Waals surface area contributed by atoms with Crippen LogP contribution in [0.25, 0.3) is 10.8 Å². The van der Waals surface area contributed by atoms with E-state index < -0.39 is 0 Å². The van der Waals surface area contributed by atoms with Crippen molar-refractivity contribution < 1.29 is 14.3 Å². The van der Waals surface area contributed by atoms with E-state index in [1.54, 1.807) is 12.0 Å². The van der Waals surface area contributed by atoms with Crippen LogP contribution < -0.4 is 5.32 Å². The Morgan fingerprint density at radius 3 is 2.96 bits per heavy atom. The van der Waals surface area contributed by atoms with Crippen molar-refractivity contribution in [3.8, 4) is 0 Å². The molecule has 5 heteroatoms. The zero-order chi connectivity index (χ0) is 16.1. The molecule has 0 spiro atoms. The van der Waals surface area contributed by atoms with Gasteiger partial charge in [0, 0.05) is 20.2 Å². The van der Waals surface area contributed by atoms with Crippen molar-refractivity contribution in [3.63, 3.8) is 0 Å². The Morgan fingerprint density at radius 1 is 1.30 bits per heavy atom. The van der Waals surface area contributed by atoms with Crippen LogP contribution in [0.2, 0.25) is 0 Å². The first-order chi connectivity index (χ1) is 11.3. The molecule has 23 heavy (non-hydrogen) atoms. The largest absolute Gasteiger partial charge is 0.382 e. The summed E-state index contributed by atoms with van der Waals surface area (Å²) in [6, 6.07) is 14.4. The molecule has 0 aliphatic carbocycles. The Labute approximate surface area is 136 Å². The minimum Gasteiger partial charge on any atom is -0.382 e. The molecule has 1 aliphatic heterocycles. The third-order valence-corrected chi connectivity index (χ3v) is 4.04. The summed E-state index contributed by atoms with van der Waals surface area (Å²) >= 11 is 0. The average molecular weight is 314 g/mol. The van der Waals surface area contributed by atoms with E-state index in [-0.39, 0.29) is 12.1 Å². The van der Waals surface area contributed by atoms with Crippen LogP contribution in [0.4, 0.5) is 4.79 Å². The van der Waals surface area contributed by atoms with Crippen LogP contribution in [0.15, 0.2) is 42.5 Å². The Bertz CT molecular complexity index is 672. The zero-order valence-electron chi connectivity index (χ0n) is 13.3. The van der Waals surface area contributed by atoms with Gasteiger partial charge in [-0.3, -0.25) is 0 Å². The van der Waals surface area contributed by atoms with Gasteiger partial charge in [0.1, 0.15) is 0 Å². The number of rotatable bonds is 4. The lowest BCUT2D eigenvalue weighted by molar-refractivity contribution is -0.0494. The fraction of sp³-hybridized carbons (Fsp3) is 0.389. The number of amides is 2. The van der Waals surface area contributed by atoms with Gasteiger partial charge in [0.15, 0.2) is 0 Å². The van der Waals surface area contributed by atoms with Crippen LogP contribution in [0.3, 0.4) is 0 Å². The number of nitrogens with zero attached hydrogens (tertiary/aromatic N) is 1. The molecule has 1 atom stereocenters. The van der Waals surface area contributed by atoms with Crippen molar-refractivity contribution in [1.29, 1.82) is 0 Å². The molecule has 0 radical (unpaired) electrons. The standard InChI is InChI=1S/C18H22N2O3/c1-22-13-17-12-20(8-9-23-17)18(21)19-11-14-6-7-15-4-2-3-5-16(15)10-14/h2-7,10,17H,8-9,11-13H2,1H3,(H,19,21)/t17-/m0/s1. The molecule has 2 aromatic carbocycles. The summed E-state index contributed by atoms with van der Waals surface area (Å²) in [5.41, 5.74) is 1.10. The van der Waals surface area contributed by atoms with E-state index in [4.69, 9.17) is 9.47 Å². The monoisotopic (exact) mass is 314 g/mol. The fourth-order valence-corrected chi connectivity index (χ4v) is 2.83. The smallest absolute Gasteiger partial charge is 0.317 e. The van der Waals surface area contributed by atoms with Crippen molar-refractivity contribution >= 4 is 16.8 Å². The summed E-state index contributed by atoms with van der Waals surface area (Å²) in [5, 5.41) is 5.38. The third kappa shape index (κ3) is 4.00. The number of carbonyl (C=O) groups is 1. The number of carbonyl (C=O) groups excluding carboxylic acids is 1. The normalized spacial score (nSPS) is 18.1. The highest BCUT2D eigenvalue weighted by atomic mass is 16.5. The highest BCUT2D eigenvalue weighted by Crippen LogP contribution is 2.15. The Morgan fingerprint density at radius 2 is 2.13 bits per heavy atom. The zero-order valence-corrected chi connectivity index (χ0v) is 13.3. The molecular formula is C18H22N2O3. The quantitative estimate of drug-likeness (QED) is 0.943. The molecule has 0 saturated carbocycles. The lowest BCUT2D eigenvalue weighted by Crippen LogP contribution is -2.50. The molecule has 1 saturated heterocycles. The van der Waals surface area contributed by atoms with E-state index >= 15 is 0 Å². The molecule has 2 aromatic rings. The molecule has 122 valence electrons. The minimum atomic E-state index is -0.0532. The number of fused-ring (bicyclic) bond motifs is 1. The van der Waals surface area contributed by atoms with Crippen LogP contribution in [-0.2, 0) is 16.0 Å². The minimum absolute atomic E-state index is 0.0415. The van der Waals surface area contributed by atoms with E-state index in [1.165, 1.54) is 10.8 Å². The van der Waals surface area contributed by atoms with Gasteiger partial charge in [-0.15, -0.1) is 0 Å². The number of morpholine rings is 1. The van der Waals surface area contributed by atoms with E-state index in [1.807, 2.05) is 12.1 Å². The summed E-state index contributed by atoms with van der Waals surface area (Å²) < 4.78 is 10.7. The number of urea groups is 1. The van der Waals surface area contributed by atoms with Crippen molar-refractivity contribution in [3.05, 3.63) is 48.0 Å². The molecule has 1 heterocycles. The number of benzene rings is 2. The molecule has 1 N–H and O–H groups in total. The van der Waals surface area contributed by atoms with Gasteiger partial charge in [-0.25, -0.2) is 4.79 Å². The summed E-state index contributed by atoms with van der Waals surface area (Å²) in [6.07, 6.45) is -0.0415. The van der Waals surface area contributed by atoms with Crippen LogP contribution in [-0.4, -0.2) is 50.4 Å². The molecule has 5 nitrogen and oxygen atoms in total. The maximum absolute atomic E-state index is 12.3. The Hall–Kier alpha value is -2.11. The lowest BCUT2D eigenvalue weighted by Gasteiger charge is -2.32. The van der Waals surface area contributed by atoms with Gasteiger partial charge < -0.3 is 19.7 Å². The van der Waals surface area contributed by atoms with E-state index in [0.29, 0.717) is 32.8 Å². The number of methoxy groups -OCH3 is 1. The molecule has 2 amide bonds. The van der Waals surface area contributed by atoms with Gasteiger partial charge in [-0.05, 0) is 22.4 Å². The van der Waals surface area contributed by atoms with Crippen molar-refractivity contribution in [2.75, 3.05) is 33.4 Å². The molecular weight excluding hydrogens is 292 g/mol. The Kier molecular flexibility index (Phi) is 5.10. The molecule has 1 aliphatic rings. The predicted molar refractivity (Wildman–Crippen MR) is 89.4 cm³/mol. The molecule has 0 bridgehead atoms. The highest BCUT2D eigenvalue weighted by Gasteiger charge is 2.23. The van der Waals surface area contributed by atoms with Crippen molar-refractivity contribution in [1.82, 2.24) is 10.2 Å². The maximum atomic E-state index is 12.3. The van der Waals surface area contributed by atoms with Gasteiger partial charge in [0.2, 0.25) is 0 Å². The summed E-state index contributed by atoms with van der Waals surface area (Å²) in [6.45, 7) is 2.77. The van der Waals surface area contributed by atoms with Gasteiger partial charge in [0.25, 0.3) is 0 Å². The molecule has 0 unspecified atom stereocenters. The van der Waals surface area contributed by atoms with E-state index in [2.05, 4.69) is 35.6 Å². The second-order valence-electron chi connectivity index (χ2n) is 5.73. The average Bonchev–Trinajstić information content (AvgIpc) is 2.60. The van der Waals surface area contributed by atoms with E-state index in [0.717, 1.165) is 5.56 Å². The van der Waals surface area contributed by atoms with Gasteiger partial charge in [0.05, 0.1) is 25.9 Å². The van der Waals surface area contributed by atoms with Crippen molar-refractivity contribution in [2.24, 2.45) is 0 Å². The van der Waals surface area contributed by atoms with E-state index in [9.17, 15) is 4.79 Å². The first-order valence-corrected chi connectivity index (χ1v) is 7.87. The van der Waals surface area contributed by atoms with Gasteiger partial charge in [-0.2, -0.15) is 0 Å². The highest BCUT2D eigenvalue weighted by molar-refractivity contribution is 5.83. The predicted octanol–water partition coefficient (Wildman–Crippen LogP) is 2.40. The third-order valence-electron chi connectivity index (χ3n) is 4.04. The summed E-state index contributed by atoms with van der Waals surface area (Å²) in [7, 11) is 1.64. The van der Waals surface area contributed by atoms with Crippen LogP contribution >= 0.6 is 0 Å². The second kappa shape index (κ2) is 7.44. The SMILES string of the molecule is COC[C@@H]1CN(C(=O)NCc2ccc3ccccc3c2)CCO1. The molecule has 0 aromatic heterocycles. The van der Waals surface area contributed by atoms with Gasteiger partial charge in [-0.1, -0.05) is 36.4 Å². The number of nitrogens with one attached hydrogen (secondary N) is 1. The lowest BCUT2D eigenvalue weighted by atomic mass is 10.1. The number of hydrogen-bond donors (Lipinski definition) is 1. The fourth-order valence-electron chi connectivity index (χ4n) is 2.83.